The van der Waals surface area contributed by atoms with Gasteiger partial charge in [0.15, 0.2) is 0 Å². The molecule has 2 saturated heterocycles. The molecule has 0 bridgehead atoms. The largest absolute Gasteiger partial charge is 0.497 e. The third-order valence-electron chi connectivity index (χ3n) is 14.0. The maximum absolute atomic E-state index is 14.5. The Kier molecular flexibility index (Phi) is 7.76. The number of methoxy groups -OCH3 is 1. The van der Waals surface area contributed by atoms with Crippen molar-refractivity contribution in [1.82, 2.24) is 28.9 Å². The number of piperazine rings is 1. The quantitative estimate of drug-likeness (QED) is 0.235. The summed E-state index contributed by atoms with van der Waals surface area (Å²) in [5.41, 5.74) is 8.09. The van der Waals surface area contributed by atoms with E-state index in [4.69, 9.17) is 4.74 Å². The van der Waals surface area contributed by atoms with Crippen LogP contribution in [0.2, 0.25) is 0 Å². The second kappa shape index (κ2) is 12.3. The van der Waals surface area contributed by atoms with Gasteiger partial charge in [0, 0.05) is 35.6 Å². The molecule has 2 aromatic carbocycles. The van der Waals surface area contributed by atoms with E-state index < -0.39 is 21.2 Å². The highest BCUT2D eigenvalue weighted by molar-refractivity contribution is 7.90. The van der Waals surface area contributed by atoms with Crippen molar-refractivity contribution in [1.29, 1.82) is 0 Å². The Morgan fingerprint density at radius 3 is 2.41 bits per heavy atom. The zero-order valence-electron chi connectivity index (χ0n) is 31.3. The third-order valence-corrected chi connectivity index (χ3v) is 15.9. The second-order valence-electron chi connectivity index (χ2n) is 16.6. The van der Waals surface area contributed by atoms with Crippen molar-refractivity contribution in [2.45, 2.75) is 106 Å². The van der Waals surface area contributed by atoms with Crippen LogP contribution in [0.25, 0.3) is 33.8 Å². The molecule has 3 unspecified atom stereocenters. The number of carbonyl (C=O) groups is 2. The summed E-state index contributed by atoms with van der Waals surface area (Å²) in [5.74, 6) is 0.513. The van der Waals surface area contributed by atoms with Crippen LogP contribution < -0.4 is 9.46 Å². The van der Waals surface area contributed by atoms with Crippen LogP contribution in [-0.2, 0) is 23.6 Å². The molecular weight excluding hydrogens is 701 g/mol. The Labute approximate surface area is 316 Å². The van der Waals surface area contributed by atoms with Crippen LogP contribution in [0.15, 0.2) is 42.6 Å². The van der Waals surface area contributed by atoms with E-state index in [9.17, 15) is 18.0 Å². The fourth-order valence-electron chi connectivity index (χ4n) is 11.2. The molecule has 2 amide bonds. The summed E-state index contributed by atoms with van der Waals surface area (Å²) in [6.07, 6.45) is 14.6. The third kappa shape index (κ3) is 4.80. The van der Waals surface area contributed by atoms with E-state index in [1.165, 1.54) is 12.0 Å². The summed E-state index contributed by atoms with van der Waals surface area (Å²) in [6.45, 7) is 1.33. The minimum Gasteiger partial charge on any atom is -0.497 e. The SMILES string of the molecule is COc1ccc2c(c1)C=C(c1c(C(=O)N3C4CCC45C3CN5C)cnn1C)Cn1c-2c(C2CCCCC2)c2ccc(C(=O)NS(=O)(=O)C3CCCC3)cc21. The van der Waals surface area contributed by atoms with Gasteiger partial charge in [0.05, 0.1) is 59.7 Å². The predicted octanol–water partition coefficient (Wildman–Crippen LogP) is 6.33. The molecule has 2 aromatic heterocycles. The summed E-state index contributed by atoms with van der Waals surface area (Å²) in [4.78, 5) is 32.8. The Morgan fingerprint density at radius 2 is 1.70 bits per heavy atom. The summed E-state index contributed by atoms with van der Waals surface area (Å²) in [5, 5.41) is 5.23. The fraction of sp³-hybridized carbons (Fsp3) is 0.500. The van der Waals surface area contributed by atoms with Gasteiger partial charge in [-0.1, -0.05) is 38.2 Å². The Morgan fingerprint density at radius 1 is 0.926 bits per heavy atom. The number of piperidine rings is 1. The summed E-state index contributed by atoms with van der Waals surface area (Å²) >= 11 is 0. The number of hydrogen-bond donors (Lipinski definition) is 1. The number of rotatable bonds is 7. The number of sulfonamides is 1. The van der Waals surface area contributed by atoms with E-state index in [1.54, 1.807) is 19.4 Å². The second-order valence-corrected chi connectivity index (χ2v) is 18.6. The maximum Gasteiger partial charge on any atom is 0.264 e. The van der Waals surface area contributed by atoms with Crippen LogP contribution in [-0.4, -0.2) is 88.0 Å². The van der Waals surface area contributed by atoms with Gasteiger partial charge in [-0.05, 0) is 105 Å². The van der Waals surface area contributed by atoms with Gasteiger partial charge < -0.3 is 14.2 Å². The van der Waals surface area contributed by atoms with Crippen molar-refractivity contribution < 1.29 is 22.7 Å². The number of benzene rings is 2. The lowest BCUT2D eigenvalue weighted by atomic mass is 9.52. The molecule has 10 rings (SSSR count). The van der Waals surface area contributed by atoms with Gasteiger partial charge in [0.2, 0.25) is 10.0 Å². The number of hydrogen-bond acceptors (Lipinski definition) is 7. The first-order valence-corrected chi connectivity index (χ1v) is 21.3. The highest BCUT2D eigenvalue weighted by Gasteiger charge is 2.75. The van der Waals surface area contributed by atoms with Crippen LogP contribution in [0.5, 0.6) is 5.75 Å². The number of ether oxygens (including phenoxy) is 1. The van der Waals surface area contributed by atoms with Crippen molar-refractivity contribution >= 4 is 44.4 Å². The average Bonchev–Trinajstić information content (AvgIpc) is 3.88. The number of fused-ring (bicyclic) bond motifs is 5. The van der Waals surface area contributed by atoms with Crippen molar-refractivity contribution in [2.24, 2.45) is 7.05 Å². The molecule has 5 heterocycles. The van der Waals surface area contributed by atoms with E-state index in [0.717, 1.165) is 103 Å². The van der Waals surface area contributed by atoms with Gasteiger partial charge in [-0.3, -0.25) is 19.2 Å². The molecule has 282 valence electrons. The summed E-state index contributed by atoms with van der Waals surface area (Å²) < 4.78 is 38.8. The summed E-state index contributed by atoms with van der Waals surface area (Å²) in [7, 11) is 1.96. The normalized spacial score (nSPS) is 25.3. The number of aryl methyl sites for hydroxylation is 1. The number of amides is 2. The first kappa shape index (κ1) is 34.1. The van der Waals surface area contributed by atoms with E-state index in [1.807, 2.05) is 29.9 Å². The van der Waals surface area contributed by atoms with Crippen LogP contribution in [0.3, 0.4) is 0 Å². The molecule has 4 aromatic rings. The molecule has 3 saturated carbocycles. The molecule has 12 heteroatoms. The van der Waals surface area contributed by atoms with Gasteiger partial charge in [0.1, 0.15) is 5.75 Å². The highest BCUT2D eigenvalue weighted by atomic mass is 32.2. The van der Waals surface area contributed by atoms with Crippen LogP contribution >= 0.6 is 0 Å². The molecule has 54 heavy (non-hydrogen) atoms. The molecule has 3 atom stereocenters. The van der Waals surface area contributed by atoms with Gasteiger partial charge in [-0.25, -0.2) is 13.1 Å². The van der Waals surface area contributed by atoms with Crippen molar-refractivity contribution in [2.75, 3.05) is 20.7 Å². The maximum atomic E-state index is 14.5. The highest BCUT2D eigenvalue weighted by Crippen LogP contribution is 2.60. The standard InChI is InChI=1S/C42H48N6O5S/c1-45-24-36-42(45)18-17-35(42)48(36)41(50)33-22-43-46(2)38(33)28-19-27-20-29(53-3)14-16-31(27)39-37(25-9-5-4-6-10-25)32-15-13-26(21-34(32)47(39)23-28)40(49)44-54(51,52)30-11-7-8-12-30/h13-16,19-22,25,30,35-36H,4-12,17-18,23-24H2,1-3H3,(H,44,49). The number of likely N-dealkylation sites (tertiary alicyclic amines) is 2. The molecule has 11 nitrogen and oxygen atoms in total. The van der Waals surface area contributed by atoms with Crippen LogP contribution in [0.1, 0.15) is 114 Å². The summed E-state index contributed by atoms with van der Waals surface area (Å²) in [6, 6.07) is 12.4. The number of nitrogens with one attached hydrogen (secondary N) is 1. The number of carbonyl (C=O) groups excluding carboxylic acids is 2. The lowest BCUT2D eigenvalue weighted by Crippen LogP contribution is -2.95. The van der Waals surface area contributed by atoms with Crippen molar-refractivity contribution in [3.05, 3.63) is 70.5 Å². The van der Waals surface area contributed by atoms with E-state index in [-0.39, 0.29) is 23.5 Å². The zero-order valence-corrected chi connectivity index (χ0v) is 32.1. The van der Waals surface area contributed by atoms with Gasteiger partial charge >= 0.3 is 0 Å². The average molecular weight is 749 g/mol. The number of likely N-dealkylation sites (N-methyl/N-ethyl adjacent to an activating group) is 1. The molecule has 6 aliphatic rings. The number of allylic oxidation sites excluding steroid dienone is 1. The molecule has 1 N–H and O–H groups in total. The molecule has 0 radical (unpaired) electrons. The van der Waals surface area contributed by atoms with Gasteiger partial charge in [-0.15, -0.1) is 0 Å². The monoisotopic (exact) mass is 748 g/mol. The molecular formula is C42H48N6O5S. The molecule has 3 aliphatic carbocycles. The van der Waals surface area contributed by atoms with E-state index in [0.29, 0.717) is 36.4 Å². The zero-order chi connectivity index (χ0) is 37.1. The number of nitrogens with zero attached hydrogens (tertiary/aromatic N) is 5. The molecule has 1 spiro atoms. The Balaban J connectivity index is 1.12. The molecule has 5 fully saturated rings. The Bertz CT molecular complexity index is 2370. The first-order valence-electron chi connectivity index (χ1n) is 19.8. The smallest absolute Gasteiger partial charge is 0.264 e. The minimum atomic E-state index is -3.79. The lowest BCUT2D eigenvalue weighted by molar-refractivity contribution is -0.263. The fourth-order valence-corrected chi connectivity index (χ4v) is 12.7. The topological polar surface area (TPSA) is 119 Å². The lowest BCUT2D eigenvalue weighted by Gasteiger charge is -2.79. The Hall–Kier alpha value is -4.42. The van der Waals surface area contributed by atoms with Crippen molar-refractivity contribution in [3.8, 4) is 17.0 Å². The first-order chi connectivity index (χ1) is 26.1. The molecule has 3 aliphatic heterocycles. The van der Waals surface area contributed by atoms with E-state index in [2.05, 4.69) is 49.4 Å². The van der Waals surface area contributed by atoms with Gasteiger partial charge in [-0.2, -0.15) is 5.10 Å². The predicted molar refractivity (Wildman–Crippen MR) is 208 cm³/mol. The van der Waals surface area contributed by atoms with Crippen LogP contribution in [0.4, 0.5) is 0 Å². The number of aromatic nitrogens is 3. The van der Waals surface area contributed by atoms with E-state index >= 15 is 0 Å². The van der Waals surface area contributed by atoms with Crippen LogP contribution in [0, 0.1) is 0 Å². The van der Waals surface area contributed by atoms with Crippen molar-refractivity contribution in [3.63, 3.8) is 0 Å². The minimum absolute atomic E-state index is 0.0375. The van der Waals surface area contributed by atoms with Gasteiger partial charge in [0.25, 0.3) is 11.8 Å².